The molecule has 98 valence electrons. The van der Waals surface area contributed by atoms with Crippen LogP contribution in [0.4, 0.5) is 9.18 Å². The molecule has 3 atom stereocenters. The number of nitrogens with one attached hydrogen (secondary N) is 1. The average Bonchev–Trinajstić information content (AvgIpc) is 2.54. The summed E-state index contributed by atoms with van der Waals surface area (Å²) < 4.78 is 18.8. The van der Waals surface area contributed by atoms with Gasteiger partial charge in [-0.3, -0.25) is 0 Å². The summed E-state index contributed by atoms with van der Waals surface area (Å²) in [5, 5.41) is 2.94. The normalized spacial score (nSPS) is 36.7. The molecule has 0 saturated heterocycles. The maximum atomic E-state index is 13.5. The molecule has 2 aliphatic rings. The van der Waals surface area contributed by atoms with Gasteiger partial charge in [-0.05, 0) is 46.0 Å². The second kappa shape index (κ2) is 4.14. The maximum absolute atomic E-state index is 13.5. The molecular weight excluding hydrogens is 221 g/mol. The predicted octanol–water partition coefficient (Wildman–Crippen LogP) is 3.18. The Labute approximate surface area is 102 Å². The molecule has 2 aliphatic carbocycles. The van der Waals surface area contributed by atoms with Crippen LogP contribution < -0.4 is 5.32 Å². The predicted molar refractivity (Wildman–Crippen MR) is 63.6 cm³/mol. The summed E-state index contributed by atoms with van der Waals surface area (Å²) in [4.78, 5) is 11.8. The van der Waals surface area contributed by atoms with E-state index >= 15 is 0 Å². The summed E-state index contributed by atoms with van der Waals surface area (Å²) in [6, 6.07) is 0. The molecule has 1 N–H and O–H groups in total. The van der Waals surface area contributed by atoms with Crippen LogP contribution in [-0.2, 0) is 4.74 Å². The Hall–Kier alpha value is -0.800. The Morgan fingerprint density at radius 1 is 1.47 bits per heavy atom. The third-order valence-corrected chi connectivity index (χ3v) is 3.83. The van der Waals surface area contributed by atoms with Crippen LogP contribution in [-0.4, -0.2) is 23.4 Å². The standard InChI is InChI=1S/C13H22FNO2/c1-12(2,3)17-11(16)15-13-6-4-5-9(13)7-10(14)8-13/h9-10H,4-8H2,1-3H3,(H,15,16)/t9-,10?,13+/m0/s1. The average molecular weight is 243 g/mol. The Kier molecular flexibility index (Phi) is 3.08. The molecule has 0 aliphatic heterocycles. The van der Waals surface area contributed by atoms with Crippen LogP contribution in [0.25, 0.3) is 0 Å². The topological polar surface area (TPSA) is 38.3 Å². The van der Waals surface area contributed by atoms with Crippen molar-refractivity contribution >= 4 is 6.09 Å². The number of amides is 1. The third kappa shape index (κ3) is 2.72. The molecule has 0 aromatic carbocycles. The zero-order valence-corrected chi connectivity index (χ0v) is 10.9. The van der Waals surface area contributed by atoms with Crippen LogP contribution >= 0.6 is 0 Å². The van der Waals surface area contributed by atoms with Crippen molar-refractivity contribution in [3.63, 3.8) is 0 Å². The van der Waals surface area contributed by atoms with Gasteiger partial charge >= 0.3 is 6.09 Å². The fraction of sp³-hybridized carbons (Fsp3) is 0.923. The number of hydrogen-bond donors (Lipinski definition) is 1. The Bertz CT molecular complexity index is 313. The van der Waals surface area contributed by atoms with Gasteiger partial charge in [0, 0.05) is 12.0 Å². The van der Waals surface area contributed by atoms with Crippen molar-refractivity contribution in [3.8, 4) is 0 Å². The Morgan fingerprint density at radius 2 is 2.18 bits per heavy atom. The number of halogens is 1. The van der Waals surface area contributed by atoms with Gasteiger partial charge in [0.05, 0.1) is 0 Å². The molecule has 17 heavy (non-hydrogen) atoms. The molecule has 0 heterocycles. The smallest absolute Gasteiger partial charge is 0.408 e. The summed E-state index contributed by atoms with van der Waals surface area (Å²) in [6.07, 6.45) is 2.86. The number of fused-ring (bicyclic) bond motifs is 1. The lowest BCUT2D eigenvalue weighted by molar-refractivity contribution is 0.0437. The van der Waals surface area contributed by atoms with Crippen molar-refractivity contribution in [2.45, 2.75) is 70.2 Å². The second-order valence-corrected chi connectivity index (χ2v) is 6.41. The van der Waals surface area contributed by atoms with Gasteiger partial charge in [0.25, 0.3) is 0 Å². The van der Waals surface area contributed by atoms with E-state index in [-0.39, 0.29) is 5.54 Å². The van der Waals surface area contributed by atoms with E-state index in [1.165, 1.54) is 0 Å². The van der Waals surface area contributed by atoms with E-state index in [2.05, 4.69) is 5.32 Å². The zero-order valence-electron chi connectivity index (χ0n) is 10.9. The van der Waals surface area contributed by atoms with Crippen LogP contribution in [0.3, 0.4) is 0 Å². The lowest BCUT2D eigenvalue weighted by Gasteiger charge is -2.31. The van der Waals surface area contributed by atoms with E-state index in [0.717, 1.165) is 19.3 Å². The van der Waals surface area contributed by atoms with Gasteiger partial charge in [0.1, 0.15) is 11.8 Å². The quantitative estimate of drug-likeness (QED) is 0.768. The first kappa shape index (κ1) is 12.7. The molecule has 1 unspecified atom stereocenters. The number of hydrogen-bond acceptors (Lipinski definition) is 2. The number of alkyl halides is 1. The highest BCUT2D eigenvalue weighted by molar-refractivity contribution is 5.69. The van der Waals surface area contributed by atoms with Crippen LogP contribution in [0.1, 0.15) is 52.9 Å². The molecule has 0 aromatic heterocycles. The van der Waals surface area contributed by atoms with Gasteiger partial charge in [0.15, 0.2) is 0 Å². The minimum atomic E-state index is -0.768. The fourth-order valence-electron chi connectivity index (χ4n) is 3.27. The van der Waals surface area contributed by atoms with Crippen LogP contribution in [0.5, 0.6) is 0 Å². The van der Waals surface area contributed by atoms with Crippen molar-refractivity contribution in [1.29, 1.82) is 0 Å². The fourth-order valence-corrected chi connectivity index (χ4v) is 3.27. The van der Waals surface area contributed by atoms with E-state index in [1.807, 2.05) is 20.8 Å². The van der Waals surface area contributed by atoms with Crippen LogP contribution in [0, 0.1) is 5.92 Å². The number of carbonyl (C=O) groups excluding carboxylic acids is 1. The molecule has 0 radical (unpaired) electrons. The lowest BCUT2D eigenvalue weighted by atomic mass is 9.91. The van der Waals surface area contributed by atoms with E-state index in [4.69, 9.17) is 4.74 Å². The van der Waals surface area contributed by atoms with E-state index in [1.54, 1.807) is 0 Å². The summed E-state index contributed by atoms with van der Waals surface area (Å²) in [6.45, 7) is 5.51. The Morgan fingerprint density at radius 3 is 2.82 bits per heavy atom. The van der Waals surface area contributed by atoms with Crippen molar-refractivity contribution < 1.29 is 13.9 Å². The first-order valence-corrected chi connectivity index (χ1v) is 6.46. The molecular formula is C13H22FNO2. The largest absolute Gasteiger partial charge is 0.444 e. The minimum Gasteiger partial charge on any atom is -0.444 e. The second-order valence-electron chi connectivity index (χ2n) is 6.41. The number of alkyl carbamates (subject to hydrolysis) is 1. The summed E-state index contributed by atoms with van der Waals surface area (Å²) in [7, 11) is 0. The third-order valence-electron chi connectivity index (χ3n) is 3.83. The highest BCUT2D eigenvalue weighted by atomic mass is 19.1. The van der Waals surface area contributed by atoms with Gasteiger partial charge in [-0.1, -0.05) is 6.42 Å². The van der Waals surface area contributed by atoms with Gasteiger partial charge in [-0.25, -0.2) is 9.18 Å². The van der Waals surface area contributed by atoms with E-state index < -0.39 is 17.9 Å². The molecule has 0 bridgehead atoms. The van der Waals surface area contributed by atoms with E-state index in [0.29, 0.717) is 18.8 Å². The van der Waals surface area contributed by atoms with Crippen LogP contribution in [0.15, 0.2) is 0 Å². The van der Waals surface area contributed by atoms with Crippen molar-refractivity contribution in [1.82, 2.24) is 5.32 Å². The summed E-state index contributed by atoms with van der Waals surface area (Å²) >= 11 is 0. The Balaban J connectivity index is 1.99. The van der Waals surface area contributed by atoms with Crippen molar-refractivity contribution in [3.05, 3.63) is 0 Å². The first-order valence-electron chi connectivity index (χ1n) is 6.46. The SMILES string of the molecule is CC(C)(C)OC(=O)N[C@@]12CCC[C@H]1CC(F)C2. The summed E-state index contributed by atoms with van der Waals surface area (Å²) in [5.74, 6) is 0.296. The highest BCUT2D eigenvalue weighted by Crippen LogP contribution is 2.48. The lowest BCUT2D eigenvalue weighted by Crippen LogP contribution is -2.50. The summed E-state index contributed by atoms with van der Waals surface area (Å²) in [5.41, 5.74) is -0.829. The number of rotatable bonds is 1. The number of ether oxygens (including phenoxy) is 1. The van der Waals surface area contributed by atoms with E-state index in [9.17, 15) is 9.18 Å². The zero-order chi connectivity index (χ0) is 12.7. The first-order chi connectivity index (χ1) is 7.81. The van der Waals surface area contributed by atoms with Gasteiger partial charge in [0.2, 0.25) is 0 Å². The highest BCUT2D eigenvalue weighted by Gasteiger charge is 2.51. The van der Waals surface area contributed by atoms with Crippen LogP contribution in [0.2, 0.25) is 0 Å². The molecule has 2 rings (SSSR count). The van der Waals surface area contributed by atoms with Gasteiger partial charge in [-0.2, -0.15) is 0 Å². The minimum absolute atomic E-state index is 0.296. The molecule has 2 saturated carbocycles. The molecule has 0 spiro atoms. The van der Waals surface area contributed by atoms with Gasteiger partial charge in [-0.15, -0.1) is 0 Å². The molecule has 3 nitrogen and oxygen atoms in total. The van der Waals surface area contributed by atoms with Crippen molar-refractivity contribution in [2.24, 2.45) is 5.92 Å². The molecule has 0 aromatic rings. The molecule has 1 amide bonds. The van der Waals surface area contributed by atoms with Crippen molar-refractivity contribution in [2.75, 3.05) is 0 Å². The molecule has 4 heteroatoms. The number of carbonyl (C=O) groups is 1. The van der Waals surface area contributed by atoms with Gasteiger partial charge < -0.3 is 10.1 Å². The molecule has 2 fully saturated rings. The monoisotopic (exact) mass is 243 g/mol. The maximum Gasteiger partial charge on any atom is 0.408 e.